The average molecular weight is 363 g/mol. The molecule has 108 valence electrons. The van der Waals surface area contributed by atoms with Crippen LogP contribution < -0.4 is 4.74 Å². The highest BCUT2D eigenvalue weighted by Gasteiger charge is 1.98. The third-order valence-corrected chi connectivity index (χ3v) is 4.01. The zero-order valence-corrected chi connectivity index (χ0v) is 13.8. The van der Waals surface area contributed by atoms with Crippen molar-refractivity contribution in [2.45, 2.75) is 4.90 Å². The molecule has 0 aliphatic rings. The van der Waals surface area contributed by atoms with Crippen LogP contribution in [0, 0.1) is 11.8 Å². The van der Waals surface area contributed by atoms with E-state index in [9.17, 15) is 0 Å². The predicted molar refractivity (Wildman–Crippen MR) is 90.8 cm³/mol. The van der Waals surface area contributed by atoms with E-state index in [4.69, 9.17) is 9.84 Å². The van der Waals surface area contributed by atoms with Gasteiger partial charge in [-0.15, -0.1) is 11.8 Å². The van der Waals surface area contributed by atoms with Crippen molar-refractivity contribution in [2.75, 3.05) is 19.0 Å². The Kier molecular flexibility index (Phi) is 6.68. The van der Waals surface area contributed by atoms with Gasteiger partial charge in [0.05, 0.1) is 6.61 Å². The normalized spacial score (nSPS) is 9.81. The number of rotatable bonds is 5. The summed E-state index contributed by atoms with van der Waals surface area (Å²) in [5.74, 6) is 7.17. The fourth-order valence-electron chi connectivity index (χ4n) is 1.68. The lowest BCUT2D eigenvalue weighted by molar-refractivity contribution is 0.344. The van der Waals surface area contributed by atoms with Crippen molar-refractivity contribution in [1.82, 2.24) is 0 Å². The van der Waals surface area contributed by atoms with Crippen LogP contribution in [0.1, 0.15) is 5.56 Å². The van der Waals surface area contributed by atoms with Crippen LogP contribution in [0.5, 0.6) is 5.75 Å². The summed E-state index contributed by atoms with van der Waals surface area (Å²) in [6, 6.07) is 15.8. The molecule has 2 rings (SSSR count). The van der Waals surface area contributed by atoms with Crippen molar-refractivity contribution in [2.24, 2.45) is 0 Å². The summed E-state index contributed by atoms with van der Waals surface area (Å²) in [6.45, 7) is 0.502. The number of hydrogen-bond donors (Lipinski definition) is 1. The minimum absolute atomic E-state index is 0.131. The van der Waals surface area contributed by atoms with Gasteiger partial charge in [0.1, 0.15) is 12.4 Å². The highest BCUT2D eigenvalue weighted by atomic mass is 79.9. The second-order valence-electron chi connectivity index (χ2n) is 4.14. The molecule has 21 heavy (non-hydrogen) atoms. The van der Waals surface area contributed by atoms with Gasteiger partial charge in [0.25, 0.3) is 0 Å². The Hall–Kier alpha value is -1.41. The number of hydrogen-bond acceptors (Lipinski definition) is 3. The van der Waals surface area contributed by atoms with Gasteiger partial charge in [-0.1, -0.05) is 39.9 Å². The van der Waals surface area contributed by atoms with E-state index >= 15 is 0 Å². The third-order valence-electron chi connectivity index (χ3n) is 2.56. The summed E-state index contributed by atoms with van der Waals surface area (Å²) in [6.07, 6.45) is 0. The van der Waals surface area contributed by atoms with E-state index in [0.717, 1.165) is 21.5 Å². The van der Waals surface area contributed by atoms with Crippen molar-refractivity contribution in [3.63, 3.8) is 0 Å². The van der Waals surface area contributed by atoms with Crippen LogP contribution in [0.15, 0.2) is 57.9 Å². The molecule has 2 aromatic carbocycles. The SMILES string of the molecule is OCC#Cc1cccc(OCCSc2cccc(Br)c2)c1. The molecule has 0 aliphatic carbocycles. The van der Waals surface area contributed by atoms with Crippen LogP contribution in [0.2, 0.25) is 0 Å². The smallest absolute Gasteiger partial charge is 0.120 e. The first-order valence-corrected chi connectivity index (χ1v) is 8.27. The molecule has 0 radical (unpaired) electrons. The van der Waals surface area contributed by atoms with Gasteiger partial charge in [-0.25, -0.2) is 0 Å². The molecular formula is C17H15BrO2S. The number of benzene rings is 2. The number of halogens is 1. The molecule has 0 amide bonds. The molecule has 2 nitrogen and oxygen atoms in total. The molecule has 0 fully saturated rings. The predicted octanol–water partition coefficient (Wildman–Crippen LogP) is 3.96. The Morgan fingerprint density at radius 1 is 1.14 bits per heavy atom. The van der Waals surface area contributed by atoms with Gasteiger partial charge in [-0.2, -0.15) is 0 Å². The fraction of sp³-hybridized carbons (Fsp3) is 0.176. The maximum absolute atomic E-state index is 8.69. The first-order valence-electron chi connectivity index (χ1n) is 6.49. The molecule has 4 heteroatoms. The fourth-order valence-corrected chi connectivity index (χ4v) is 3.02. The van der Waals surface area contributed by atoms with Gasteiger partial charge in [-0.05, 0) is 36.4 Å². The summed E-state index contributed by atoms with van der Waals surface area (Å²) >= 11 is 5.22. The van der Waals surface area contributed by atoms with E-state index in [-0.39, 0.29) is 6.61 Å². The van der Waals surface area contributed by atoms with Gasteiger partial charge in [0, 0.05) is 20.7 Å². The monoisotopic (exact) mass is 362 g/mol. The van der Waals surface area contributed by atoms with Crippen LogP contribution in [-0.4, -0.2) is 24.1 Å². The minimum Gasteiger partial charge on any atom is -0.493 e. The molecular weight excluding hydrogens is 348 g/mol. The molecule has 0 bridgehead atoms. The van der Waals surface area contributed by atoms with Gasteiger partial charge in [0.15, 0.2) is 0 Å². The van der Waals surface area contributed by atoms with E-state index in [2.05, 4.69) is 39.9 Å². The number of aliphatic hydroxyl groups excluding tert-OH is 1. The summed E-state index contributed by atoms with van der Waals surface area (Å²) in [4.78, 5) is 1.22. The Morgan fingerprint density at radius 2 is 2.00 bits per heavy atom. The molecule has 1 N–H and O–H groups in total. The number of aliphatic hydroxyl groups is 1. The van der Waals surface area contributed by atoms with Crippen LogP contribution in [0.3, 0.4) is 0 Å². The highest BCUT2D eigenvalue weighted by molar-refractivity contribution is 9.10. The van der Waals surface area contributed by atoms with Crippen LogP contribution in [-0.2, 0) is 0 Å². The van der Waals surface area contributed by atoms with E-state index in [1.165, 1.54) is 4.90 Å². The summed E-state index contributed by atoms with van der Waals surface area (Å²) in [7, 11) is 0. The van der Waals surface area contributed by atoms with Gasteiger partial charge in [-0.3, -0.25) is 0 Å². The lowest BCUT2D eigenvalue weighted by Gasteiger charge is -2.06. The maximum atomic E-state index is 8.69. The molecule has 0 saturated heterocycles. The maximum Gasteiger partial charge on any atom is 0.120 e. The van der Waals surface area contributed by atoms with Crippen LogP contribution >= 0.6 is 27.7 Å². The minimum atomic E-state index is -0.131. The Morgan fingerprint density at radius 3 is 2.81 bits per heavy atom. The average Bonchev–Trinajstić information content (AvgIpc) is 2.50. The van der Waals surface area contributed by atoms with Gasteiger partial charge < -0.3 is 9.84 Å². The van der Waals surface area contributed by atoms with Crippen molar-refractivity contribution in [1.29, 1.82) is 0 Å². The molecule has 0 spiro atoms. The Bertz CT molecular complexity index is 646. The highest BCUT2D eigenvalue weighted by Crippen LogP contribution is 2.22. The first kappa shape index (κ1) is 16.0. The van der Waals surface area contributed by atoms with Crippen molar-refractivity contribution >= 4 is 27.7 Å². The summed E-state index contributed by atoms with van der Waals surface area (Å²) < 4.78 is 6.80. The molecule has 0 aromatic heterocycles. The Labute approximate surface area is 137 Å². The van der Waals surface area contributed by atoms with Crippen molar-refractivity contribution in [3.8, 4) is 17.6 Å². The van der Waals surface area contributed by atoms with E-state index in [0.29, 0.717) is 6.61 Å². The number of ether oxygens (including phenoxy) is 1. The standard InChI is InChI=1S/C17H15BrO2S/c18-15-6-2-8-17(13-15)21-11-10-20-16-7-1-4-14(12-16)5-3-9-19/h1-2,4,6-8,12-13,19H,9-11H2. The quantitative estimate of drug-likeness (QED) is 0.495. The van der Waals surface area contributed by atoms with Crippen molar-refractivity contribution < 1.29 is 9.84 Å². The molecule has 0 atom stereocenters. The van der Waals surface area contributed by atoms with E-state index in [1.54, 1.807) is 11.8 Å². The van der Waals surface area contributed by atoms with Crippen LogP contribution in [0.25, 0.3) is 0 Å². The van der Waals surface area contributed by atoms with Crippen molar-refractivity contribution in [3.05, 3.63) is 58.6 Å². The topological polar surface area (TPSA) is 29.5 Å². The second-order valence-corrected chi connectivity index (χ2v) is 6.23. The third kappa shape index (κ3) is 5.84. The first-order chi connectivity index (χ1) is 10.3. The summed E-state index contributed by atoms with van der Waals surface area (Å²) in [5.41, 5.74) is 0.848. The zero-order valence-electron chi connectivity index (χ0n) is 11.4. The Balaban J connectivity index is 1.81. The lowest BCUT2D eigenvalue weighted by atomic mass is 10.2. The molecule has 0 saturated carbocycles. The van der Waals surface area contributed by atoms with Gasteiger partial charge >= 0.3 is 0 Å². The molecule has 2 aromatic rings. The van der Waals surface area contributed by atoms with E-state index in [1.807, 2.05) is 36.4 Å². The van der Waals surface area contributed by atoms with E-state index < -0.39 is 0 Å². The van der Waals surface area contributed by atoms with Gasteiger partial charge in [0.2, 0.25) is 0 Å². The second kappa shape index (κ2) is 8.78. The summed E-state index contributed by atoms with van der Waals surface area (Å²) in [5, 5.41) is 8.69. The molecule has 0 heterocycles. The zero-order chi connectivity index (χ0) is 14.9. The number of thioether (sulfide) groups is 1. The lowest BCUT2D eigenvalue weighted by Crippen LogP contribution is -2.00. The van der Waals surface area contributed by atoms with Crippen LogP contribution in [0.4, 0.5) is 0 Å². The molecule has 0 unspecified atom stereocenters. The largest absolute Gasteiger partial charge is 0.493 e. The molecule has 0 aliphatic heterocycles.